The predicted octanol–water partition coefficient (Wildman–Crippen LogP) is 3.35. The van der Waals surface area contributed by atoms with E-state index in [1.165, 1.54) is 5.56 Å². The third-order valence-electron chi connectivity index (χ3n) is 3.56. The normalized spacial score (nSPS) is 12.4. The molecule has 1 atom stereocenters. The van der Waals surface area contributed by atoms with Crippen molar-refractivity contribution in [3.63, 3.8) is 0 Å². The summed E-state index contributed by atoms with van der Waals surface area (Å²) < 4.78 is 8.74. The molecule has 1 unspecified atom stereocenters. The van der Waals surface area contributed by atoms with Crippen LogP contribution in [0.4, 0.5) is 0 Å². The van der Waals surface area contributed by atoms with Crippen LogP contribution in [0, 0.1) is 6.92 Å². The lowest BCUT2D eigenvalue weighted by atomic mass is 10.0. The first-order valence-corrected chi connectivity index (χ1v) is 7.95. The summed E-state index contributed by atoms with van der Waals surface area (Å²) in [5.41, 5.74) is 9.22. The Morgan fingerprint density at radius 2 is 2.19 bits per heavy atom. The predicted molar refractivity (Wildman–Crippen MR) is 88.4 cm³/mol. The second kappa shape index (κ2) is 7.09. The lowest BCUT2D eigenvalue weighted by Crippen LogP contribution is -2.21. The average Bonchev–Trinajstić information content (AvgIpc) is 2.70. The molecule has 21 heavy (non-hydrogen) atoms. The minimum atomic E-state index is 0.203. The van der Waals surface area contributed by atoms with Crippen molar-refractivity contribution in [2.24, 2.45) is 12.8 Å². The van der Waals surface area contributed by atoms with Gasteiger partial charge in [-0.3, -0.25) is 4.68 Å². The van der Waals surface area contributed by atoms with Crippen LogP contribution in [0.2, 0.25) is 0 Å². The molecule has 0 aliphatic rings. The van der Waals surface area contributed by atoms with E-state index in [4.69, 9.17) is 10.5 Å². The summed E-state index contributed by atoms with van der Waals surface area (Å²) in [5, 5.41) is 4.36. The van der Waals surface area contributed by atoms with Crippen molar-refractivity contribution in [1.29, 1.82) is 0 Å². The quantitative estimate of drug-likeness (QED) is 0.868. The van der Waals surface area contributed by atoms with Crippen LogP contribution in [0.15, 0.2) is 28.7 Å². The van der Waals surface area contributed by atoms with Crippen LogP contribution in [-0.4, -0.2) is 15.8 Å². The number of hydrogen-bond acceptors (Lipinski definition) is 3. The summed E-state index contributed by atoms with van der Waals surface area (Å²) in [7, 11) is 1.92. The summed E-state index contributed by atoms with van der Waals surface area (Å²) in [6.07, 6.45) is 1.86. The number of halogens is 1. The van der Waals surface area contributed by atoms with E-state index < -0.39 is 0 Å². The smallest absolute Gasteiger partial charge is 0.131 e. The summed E-state index contributed by atoms with van der Waals surface area (Å²) in [5.74, 6) is 0.863. The number of benzene rings is 1. The van der Waals surface area contributed by atoms with Gasteiger partial charge in [-0.05, 0) is 53.4 Å². The Labute approximate surface area is 134 Å². The summed E-state index contributed by atoms with van der Waals surface area (Å²) in [4.78, 5) is 0. The highest BCUT2D eigenvalue weighted by atomic mass is 79.9. The molecule has 0 amide bonds. The second-order valence-corrected chi connectivity index (χ2v) is 6.07. The summed E-state index contributed by atoms with van der Waals surface area (Å²) in [6.45, 7) is 4.56. The van der Waals surface area contributed by atoms with Crippen molar-refractivity contribution in [1.82, 2.24) is 9.78 Å². The molecule has 0 saturated carbocycles. The maximum atomic E-state index is 6.00. The minimum Gasteiger partial charge on any atom is -0.487 e. The van der Waals surface area contributed by atoms with Crippen molar-refractivity contribution in [3.8, 4) is 5.75 Å². The van der Waals surface area contributed by atoms with Crippen LogP contribution in [0.5, 0.6) is 5.75 Å². The lowest BCUT2D eigenvalue weighted by molar-refractivity contribution is 0.293. The Morgan fingerprint density at radius 3 is 2.81 bits per heavy atom. The summed E-state index contributed by atoms with van der Waals surface area (Å²) >= 11 is 3.55. The Morgan fingerprint density at radius 1 is 1.43 bits per heavy atom. The molecule has 0 bridgehead atoms. The van der Waals surface area contributed by atoms with Gasteiger partial charge in [-0.1, -0.05) is 19.1 Å². The maximum Gasteiger partial charge on any atom is 0.131 e. The molecule has 1 aromatic heterocycles. The first kappa shape index (κ1) is 16.0. The zero-order chi connectivity index (χ0) is 15.4. The average molecular weight is 352 g/mol. The number of hydrogen-bond donors (Lipinski definition) is 1. The number of nitrogens with two attached hydrogens (primary N) is 1. The highest BCUT2D eigenvalue weighted by Crippen LogP contribution is 2.22. The molecule has 5 heteroatoms. The topological polar surface area (TPSA) is 53.1 Å². The zero-order valence-electron chi connectivity index (χ0n) is 12.8. The molecule has 2 rings (SSSR count). The van der Waals surface area contributed by atoms with Crippen LogP contribution < -0.4 is 10.5 Å². The highest BCUT2D eigenvalue weighted by Gasteiger charge is 2.11. The number of rotatable bonds is 6. The van der Waals surface area contributed by atoms with Crippen LogP contribution in [0.1, 0.15) is 30.3 Å². The molecule has 4 nitrogen and oxygen atoms in total. The molecule has 2 N–H and O–H groups in total. The molecule has 0 aliphatic carbocycles. The molecule has 1 aromatic carbocycles. The van der Waals surface area contributed by atoms with Gasteiger partial charge in [-0.2, -0.15) is 5.10 Å². The van der Waals surface area contributed by atoms with Crippen LogP contribution >= 0.6 is 15.9 Å². The van der Waals surface area contributed by atoms with E-state index in [2.05, 4.69) is 40.1 Å². The van der Waals surface area contributed by atoms with Crippen LogP contribution in [0.3, 0.4) is 0 Å². The van der Waals surface area contributed by atoms with Crippen LogP contribution in [0.25, 0.3) is 0 Å². The lowest BCUT2D eigenvalue weighted by Gasteiger charge is -2.11. The molecular formula is C16H22BrN3O. The van der Waals surface area contributed by atoms with E-state index in [0.29, 0.717) is 6.61 Å². The molecule has 0 aliphatic heterocycles. The van der Waals surface area contributed by atoms with Crippen molar-refractivity contribution < 1.29 is 4.74 Å². The Balaban J connectivity index is 2.05. The molecule has 0 spiro atoms. The van der Waals surface area contributed by atoms with E-state index in [-0.39, 0.29) is 6.04 Å². The first-order valence-electron chi connectivity index (χ1n) is 7.16. The van der Waals surface area contributed by atoms with E-state index in [1.807, 2.05) is 30.8 Å². The van der Waals surface area contributed by atoms with Gasteiger partial charge in [0.05, 0.1) is 15.9 Å². The van der Waals surface area contributed by atoms with Crippen molar-refractivity contribution in [3.05, 3.63) is 45.7 Å². The van der Waals surface area contributed by atoms with E-state index in [0.717, 1.165) is 34.5 Å². The van der Waals surface area contributed by atoms with Gasteiger partial charge in [0, 0.05) is 13.1 Å². The number of aryl methyl sites for hydroxylation is 2. The minimum absolute atomic E-state index is 0.203. The standard InChI is InChI=1S/C16H22BrN3O/c1-4-13(18)8-12-6-5-7-14(9-12)21-10-15-16(17)11(2)19-20(15)3/h5-7,9,13H,4,8,10,18H2,1-3H3. The molecule has 0 fully saturated rings. The van der Waals surface area contributed by atoms with E-state index in [9.17, 15) is 0 Å². The van der Waals surface area contributed by atoms with Gasteiger partial charge in [0.2, 0.25) is 0 Å². The van der Waals surface area contributed by atoms with Crippen molar-refractivity contribution >= 4 is 15.9 Å². The second-order valence-electron chi connectivity index (χ2n) is 5.28. The Hall–Kier alpha value is -1.33. The SMILES string of the molecule is CCC(N)Cc1cccc(OCc2c(Br)c(C)nn2C)c1. The van der Waals surface area contributed by atoms with Gasteiger partial charge in [-0.25, -0.2) is 0 Å². The Kier molecular flexibility index (Phi) is 5.42. The van der Waals surface area contributed by atoms with Gasteiger partial charge < -0.3 is 10.5 Å². The van der Waals surface area contributed by atoms with Gasteiger partial charge in [-0.15, -0.1) is 0 Å². The fraction of sp³-hybridized carbons (Fsp3) is 0.438. The number of aromatic nitrogens is 2. The highest BCUT2D eigenvalue weighted by molar-refractivity contribution is 9.10. The van der Waals surface area contributed by atoms with Crippen molar-refractivity contribution in [2.45, 2.75) is 39.3 Å². The molecule has 2 aromatic rings. The molecular weight excluding hydrogens is 330 g/mol. The van der Waals surface area contributed by atoms with Gasteiger partial charge in [0.25, 0.3) is 0 Å². The fourth-order valence-corrected chi connectivity index (χ4v) is 2.65. The maximum absolute atomic E-state index is 6.00. The first-order chi connectivity index (χ1) is 10.0. The van der Waals surface area contributed by atoms with E-state index >= 15 is 0 Å². The third-order valence-corrected chi connectivity index (χ3v) is 4.59. The van der Waals surface area contributed by atoms with Gasteiger partial charge in [0.15, 0.2) is 0 Å². The zero-order valence-corrected chi connectivity index (χ0v) is 14.4. The van der Waals surface area contributed by atoms with Crippen LogP contribution in [-0.2, 0) is 20.1 Å². The largest absolute Gasteiger partial charge is 0.487 e. The monoisotopic (exact) mass is 351 g/mol. The van der Waals surface area contributed by atoms with E-state index in [1.54, 1.807) is 0 Å². The van der Waals surface area contributed by atoms with Crippen molar-refractivity contribution in [2.75, 3.05) is 0 Å². The molecule has 114 valence electrons. The molecule has 0 saturated heterocycles. The van der Waals surface area contributed by atoms with Gasteiger partial charge in [0.1, 0.15) is 12.4 Å². The summed E-state index contributed by atoms with van der Waals surface area (Å²) in [6, 6.07) is 8.34. The van der Waals surface area contributed by atoms with Gasteiger partial charge >= 0.3 is 0 Å². The fourth-order valence-electron chi connectivity index (χ4n) is 2.20. The Bertz CT molecular complexity index is 610. The molecule has 0 radical (unpaired) electrons. The molecule has 1 heterocycles. The number of nitrogens with zero attached hydrogens (tertiary/aromatic N) is 2. The third kappa shape index (κ3) is 4.08. The number of ether oxygens (including phenoxy) is 1.